The van der Waals surface area contributed by atoms with Gasteiger partial charge in [0.1, 0.15) is 5.69 Å². The molecule has 6 nitrogen and oxygen atoms in total. The van der Waals surface area contributed by atoms with Crippen LogP contribution < -0.4 is 10.0 Å². The van der Waals surface area contributed by atoms with Crippen molar-refractivity contribution in [3.63, 3.8) is 0 Å². The van der Waals surface area contributed by atoms with Crippen LogP contribution in [0.5, 0.6) is 0 Å². The molecule has 1 aromatic heterocycles. The second kappa shape index (κ2) is 8.67. The number of rotatable bonds is 7. The van der Waals surface area contributed by atoms with Crippen LogP contribution in [0.3, 0.4) is 0 Å². The summed E-state index contributed by atoms with van der Waals surface area (Å²) in [4.78, 5) is 16.5. The highest BCUT2D eigenvalue weighted by atomic mass is 32.2. The molecule has 1 aromatic carbocycles. The molecule has 0 unspecified atom stereocenters. The highest BCUT2D eigenvalue weighted by Gasteiger charge is 2.17. The van der Waals surface area contributed by atoms with E-state index in [1.165, 1.54) is 18.4 Å². The van der Waals surface area contributed by atoms with E-state index in [9.17, 15) is 13.2 Å². The number of nitrogens with one attached hydrogen (secondary N) is 2. The Morgan fingerprint density at radius 2 is 2.00 bits per heavy atom. The summed E-state index contributed by atoms with van der Waals surface area (Å²) >= 11 is 1.09. The first-order chi connectivity index (χ1) is 12.9. The zero-order chi connectivity index (χ0) is 19.3. The molecule has 1 aliphatic rings. The predicted octanol–water partition coefficient (Wildman–Crippen LogP) is 3.87. The molecule has 0 saturated carbocycles. The van der Waals surface area contributed by atoms with Crippen molar-refractivity contribution < 1.29 is 13.2 Å². The standard InChI is InChI=1S/C19H23N3O3S2/c1-14-7-9-16(10-8-14)27(24,25)22-19-21-17(13-26-19)18(23)20-12-11-15-5-3-2-4-6-15/h5,7-10,13H,2-4,6,11-12H2,1H3,(H,20,23)(H,21,22). The number of aromatic nitrogens is 1. The van der Waals surface area contributed by atoms with E-state index >= 15 is 0 Å². The van der Waals surface area contributed by atoms with Gasteiger partial charge in [-0.1, -0.05) is 29.3 Å². The van der Waals surface area contributed by atoms with Gasteiger partial charge in [-0.3, -0.25) is 9.52 Å². The number of allylic oxidation sites excluding steroid dienone is 1. The number of nitrogens with zero attached hydrogens (tertiary/aromatic N) is 1. The van der Waals surface area contributed by atoms with Crippen LogP contribution in [0.25, 0.3) is 0 Å². The number of hydrogen-bond acceptors (Lipinski definition) is 5. The normalized spacial score (nSPS) is 14.5. The smallest absolute Gasteiger partial charge is 0.270 e. The Kier molecular flexibility index (Phi) is 6.28. The maximum Gasteiger partial charge on any atom is 0.270 e. The third kappa shape index (κ3) is 5.40. The van der Waals surface area contributed by atoms with Crippen molar-refractivity contribution in [1.29, 1.82) is 0 Å². The number of amides is 1. The van der Waals surface area contributed by atoms with Gasteiger partial charge in [-0.05, 0) is 51.2 Å². The Bertz CT molecular complexity index is 931. The summed E-state index contributed by atoms with van der Waals surface area (Å²) in [6, 6.07) is 6.55. The highest BCUT2D eigenvalue weighted by molar-refractivity contribution is 7.93. The molecule has 144 valence electrons. The van der Waals surface area contributed by atoms with Gasteiger partial charge in [-0.25, -0.2) is 13.4 Å². The highest BCUT2D eigenvalue weighted by Crippen LogP contribution is 2.21. The van der Waals surface area contributed by atoms with Crippen LogP contribution in [-0.4, -0.2) is 25.9 Å². The van der Waals surface area contributed by atoms with Crippen LogP contribution in [0.2, 0.25) is 0 Å². The van der Waals surface area contributed by atoms with Crippen molar-refractivity contribution in [3.05, 3.63) is 52.6 Å². The van der Waals surface area contributed by atoms with Crippen molar-refractivity contribution in [2.75, 3.05) is 11.3 Å². The van der Waals surface area contributed by atoms with Crippen LogP contribution >= 0.6 is 11.3 Å². The second-order valence-electron chi connectivity index (χ2n) is 6.57. The first-order valence-corrected chi connectivity index (χ1v) is 11.3. The lowest BCUT2D eigenvalue weighted by Crippen LogP contribution is -2.25. The number of carbonyl (C=O) groups excluding carboxylic acids is 1. The lowest BCUT2D eigenvalue weighted by molar-refractivity contribution is 0.0950. The summed E-state index contributed by atoms with van der Waals surface area (Å²) in [6.45, 7) is 2.45. The topological polar surface area (TPSA) is 88.2 Å². The Morgan fingerprint density at radius 1 is 1.22 bits per heavy atom. The Hall–Kier alpha value is -2.19. The molecule has 1 heterocycles. The molecule has 0 fully saturated rings. The molecule has 1 aliphatic carbocycles. The van der Waals surface area contributed by atoms with E-state index in [4.69, 9.17) is 0 Å². The fraction of sp³-hybridized carbons (Fsp3) is 0.368. The molecule has 8 heteroatoms. The molecule has 2 aromatic rings. The summed E-state index contributed by atoms with van der Waals surface area (Å²) in [6.07, 6.45) is 7.81. The van der Waals surface area contributed by atoms with Gasteiger partial charge in [0, 0.05) is 11.9 Å². The SMILES string of the molecule is Cc1ccc(S(=O)(=O)Nc2nc(C(=O)NCCC3=CCCCC3)cs2)cc1. The van der Waals surface area contributed by atoms with Crippen molar-refractivity contribution in [2.45, 2.75) is 43.9 Å². The molecule has 2 N–H and O–H groups in total. The zero-order valence-electron chi connectivity index (χ0n) is 15.2. The minimum atomic E-state index is -3.72. The van der Waals surface area contributed by atoms with Crippen molar-refractivity contribution in [1.82, 2.24) is 10.3 Å². The maximum absolute atomic E-state index is 12.4. The second-order valence-corrected chi connectivity index (χ2v) is 9.11. The van der Waals surface area contributed by atoms with Gasteiger partial charge in [-0.15, -0.1) is 11.3 Å². The van der Waals surface area contributed by atoms with E-state index < -0.39 is 10.0 Å². The molecule has 0 radical (unpaired) electrons. The first-order valence-electron chi connectivity index (χ1n) is 8.95. The zero-order valence-corrected chi connectivity index (χ0v) is 16.8. The predicted molar refractivity (Wildman–Crippen MR) is 108 cm³/mol. The number of aryl methyl sites for hydroxylation is 1. The molecule has 1 amide bonds. The van der Waals surface area contributed by atoms with E-state index in [0.29, 0.717) is 6.54 Å². The van der Waals surface area contributed by atoms with Crippen molar-refractivity contribution >= 4 is 32.4 Å². The lowest BCUT2D eigenvalue weighted by Gasteiger charge is -2.12. The quantitative estimate of drug-likeness (QED) is 0.685. The number of anilines is 1. The molecule has 3 rings (SSSR count). The van der Waals surface area contributed by atoms with Crippen LogP contribution in [0.1, 0.15) is 48.2 Å². The fourth-order valence-corrected chi connectivity index (χ4v) is 4.82. The monoisotopic (exact) mass is 405 g/mol. The average Bonchev–Trinajstić information content (AvgIpc) is 3.11. The van der Waals surface area contributed by atoms with E-state index in [1.54, 1.807) is 29.6 Å². The third-order valence-electron chi connectivity index (χ3n) is 4.41. The Labute approximate surface area is 163 Å². The van der Waals surface area contributed by atoms with Crippen molar-refractivity contribution in [3.8, 4) is 0 Å². The maximum atomic E-state index is 12.4. The number of sulfonamides is 1. The van der Waals surface area contributed by atoms with Crippen LogP contribution in [0.4, 0.5) is 5.13 Å². The molecule has 0 saturated heterocycles. The summed E-state index contributed by atoms with van der Waals surface area (Å²) in [5, 5.41) is 4.58. The fourth-order valence-electron chi connectivity index (χ4n) is 2.88. The molecule has 0 aliphatic heterocycles. The summed E-state index contributed by atoms with van der Waals surface area (Å²) in [5.41, 5.74) is 2.59. The summed E-state index contributed by atoms with van der Waals surface area (Å²) in [5.74, 6) is -0.288. The number of carbonyl (C=O) groups is 1. The van der Waals surface area contributed by atoms with Crippen LogP contribution in [0.15, 0.2) is 46.2 Å². The molecular weight excluding hydrogens is 382 g/mol. The van der Waals surface area contributed by atoms with E-state index in [0.717, 1.165) is 36.2 Å². The average molecular weight is 406 g/mol. The van der Waals surface area contributed by atoms with E-state index in [1.807, 2.05) is 6.92 Å². The molecule has 27 heavy (non-hydrogen) atoms. The minimum absolute atomic E-state index is 0.162. The number of benzene rings is 1. The van der Waals surface area contributed by atoms with Gasteiger partial charge in [0.05, 0.1) is 4.90 Å². The van der Waals surface area contributed by atoms with Gasteiger partial charge in [-0.2, -0.15) is 0 Å². The Balaban J connectivity index is 1.56. The van der Waals surface area contributed by atoms with Gasteiger partial charge < -0.3 is 5.32 Å². The van der Waals surface area contributed by atoms with Gasteiger partial charge in [0.25, 0.3) is 15.9 Å². The molecular formula is C19H23N3O3S2. The number of thiazole rings is 1. The minimum Gasteiger partial charge on any atom is -0.350 e. The van der Waals surface area contributed by atoms with E-state index in [2.05, 4.69) is 21.1 Å². The molecule has 0 spiro atoms. The summed E-state index contributed by atoms with van der Waals surface area (Å²) in [7, 11) is -3.72. The van der Waals surface area contributed by atoms with Crippen LogP contribution in [-0.2, 0) is 10.0 Å². The Morgan fingerprint density at radius 3 is 2.70 bits per heavy atom. The first kappa shape index (κ1) is 19.6. The number of hydrogen-bond donors (Lipinski definition) is 2. The summed E-state index contributed by atoms with van der Waals surface area (Å²) < 4.78 is 27.2. The largest absolute Gasteiger partial charge is 0.350 e. The van der Waals surface area contributed by atoms with Crippen LogP contribution in [0, 0.1) is 6.92 Å². The third-order valence-corrected chi connectivity index (χ3v) is 6.65. The molecule has 0 bridgehead atoms. The van der Waals surface area contributed by atoms with E-state index in [-0.39, 0.29) is 21.6 Å². The lowest BCUT2D eigenvalue weighted by atomic mass is 9.97. The van der Waals surface area contributed by atoms with Crippen molar-refractivity contribution in [2.24, 2.45) is 0 Å². The molecule has 0 atom stereocenters. The van der Waals surface area contributed by atoms with Gasteiger partial charge >= 0.3 is 0 Å². The van der Waals surface area contributed by atoms with Gasteiger partial charge in [0.15, 0.2) is 5.13 Å². The van der Waals surface area contributed by atoms with Gasteiger partial charge in [0.2, 0.25) is 0 Å².